The highest BCUT2D eigenvalue weighted by atomic mass is 35.5. The lowest BCUT2D eigenvalue weighted by Crippen LogP contribution is -2.41. The van der Waals surface area contributed by atoms with Crippen LogP contribution in [0.25, 0.3) is 0 Å². The van der Waals surface area contributed by atoms with E-state index in [1.807, 2.05) is 0 Å². The number of benzene rings is 1. The summed E-state index contributed by atoms with van der Waals surface area (Å²) in [5.41, 5.74) is -0.408. The zero-order valence-corrected chi connectivity index (χ0v) is 14.3. The fraction of sp³-hybridized carbons (Fsp3) is 0.500. The van der Waals surface area contributed by atoms with Crippen molar-refractivity contribution in [3.63, 3.8) is 0 Å². The Bertz CT molecular complexity index is 565. The lowest BCUT2D eigenvalue weighted by atomic mass is 10.0. The maximum atomic E-state index is 12.5. The number of hydrogen-bond acceptors (Lipinski definition) is 2. The molecular formula is C16H20Cl2N2O2. The Balaban J connectivity index is 2.06. The minimum absolute atomic E-state index is 0.105. The first-order chi connectivity index (χ1) is 10.4. The molecule has 1 aromatic rings. The highest BCUT2D eigenvalue weighted by molar-refractivity contribution is 6.35. The molecule has 2 amide bonds. The van der Waals surface area contributed by atoms with Gasteiger partial charge in [0.25, 0.3) is 0 Å². The number of nitrogens with zero attached hydrogens (tertiary/aromatic N) is 1. The third-order valence-corrected chi connectivity index (χ3v) is 4.34. The summed E-state index contributed by atoms with van der Waals surface area (Å²) in [6.07, 6.45) is 3.12. The molecule has 6 heteroatoms. The van der Waals surface area contributed by atoms with E-state index in [0.29, 0.717) is 35.1 Å². The van der Waals surface area contributed by atoms with Crippen LogP contribution in [0.1, 0.15) is 32.6 Å². The highest BCUT2D eigenvalue weighted by Crippen LogP contribution is 2.48. The molecule has 1 saturated carbocycles. The molecule has 0 saturated heterocycles. The number of hydrogen-bond donors (Lipinski definition) is 1. The molecule has 1 N–H and O–H groups in total. The van der Waals surface area contributed by atoms with Crippen molar-refractivity contribution < 1.29 is 9.59 Å². The standard InChI is InChI=1S/C16H20Cl2N2O2/c1-3-4-7-20(2)15(22)16(5-6-16)14(21)19-13-9-11(17)8-12(18)10-13/h8-10H,3-7H2,1-2H3,(H,19,21). The molecule has 2 rings (SSSR count). The first kappa shape index (κ1) is 17.1. The molecule has 1 aliphatic rings. The minimum Gasteiger partial charge on any atom is -0.345 e. The molecule has 0 aliphatic heterocycles. The third-order valence-electron chi connectivity index (χ3n) is 3.91. The van der Waals surface area contributed by atoms with Crippen LogP contribution >= 0.6 is 23.2 Å². The summed E-state index contributed by atoms with van der Waals surface area (Å²) in [5.74, 6) is -0.384. The van der Waals surface area contributed by atoms with E-state index in [2.05, 4.69) is 12.2 Å². The van der Waals surface area contributed by atoms with Crippen molar-refractivity contribution in [1.82, 2.24) is 4.90 Å². The van der Waals surface area contributed by atoms with Gasteiger partial charge in [-0.1, -0.05) is 36.5 Å². The second-order valence-corrected chi connectivity index (χ2v) is 6.65. The number of halogens is 2. The van der Waals surface area contributed by atoms with Crippen molar-refractivity contribution in [2.75, 3.05) is 18.9 Å². The Morgan fingerprint density at radius 1 is 1.23 bits per heavy atom. The van der Waals surface area contributed by atoms with Gasteiger partial charge in [0.05, 0.1) is 0 Å². The van der Waals surface area contributed by atoms with E-state index >= 15 is 0 Å². The van der Waals surface area contributed by atoms with Crippen LogP contribution in [0, 0.1) is 5.41 Å². The van der Waals surface area contributed by atoms with Gasteiger partial charge >= 0.3 is 0 Å². The normalized spacial score (nSPS) is 15.3. The number of carbonyl (C=O) groups excluding carboxylic acids is 2. The van der Waals surface area contributed by atoms with Gasteiger partial charge in [-0.05, 0) is 37.5 Å². The van der Waals surface area contributed by atoms with Gasteiger partial charge in [-0.2, -0.15) is 0 Å². The number of amides is 2. The fourth-order valence-electron chi connectivity index (χ4n) is 2.40. The zero-order valence-electron chi connectivity index (χ0n) is 12.8. The van der Waals surface area contributed by atoms with E-state index < -0.39 is 5.41 Å². The van der Waals surface area contributed by atoms with Crippen LogP contribution in [0.15, 0.2) is 18.2 Å². The lowest BCUT2D eigenvalue weighted by Gasteiger charge is -2.23. The van der Waals surface area contributed by atoms with Crippen LogP contribution in [0.2, 0.25) is 10.0 Å². The van der Waals surface area contributed by atoms with Crippen LogP contribution in [0.4, 0.5) is 5.69 Å². The Labute approximate surface area is 140 Å². The van der Waals surface area contributed by atoms with E-state index in [1.54, 1.807) is 30.1 Å². The predicted molar refractivity (Wildman–Crippen MR) is 89.3 cm³/mol. The summed E-state index contributed by atoms with van der Waals surface area (Å²) >= 11 is 11.8. The van der Waals surface area contributed by atoms with Gasteiger partial charge in [0.1, 0.15) is 5.41 Å². The van der Waals surface area contributed by atoms with Crippen LogP contribution in [-0.2, 0) is 9.59 Å². The topological polar surface area (TPSA) is 49.4 Å². The van der Waals surface area contributed by atoms with E-state index in [0.717, 1.165) is 12.8 Å². The first-order valence-corrected chi connectivity index (χ1v) is 8.18. The van der Waals surface area contributed by atoms with Crippen molar-refractivity contribution in [3.05, 3.63) is 28.2 Å². The molecule has 0 radical (unpaired) electrons. The molecule has 1 fully saturated rings. The monoisotopic (exact) mass is 342 g/mol. The molecule has 0 atom stereocenters. The molecule has 4 nitrogen and oxygen atoms in total. The van der Waals surface area contributed by atoms with Gasteiger partial charge in [0, 0.05) is 29.3 Å². The van der Waals surface area contributed by atoms with Gasteiger partial charge in [-0.25, -0.2) is 0 Å². The van der Waals surface area contributed by atoms with Crippen LogP contribution in [0.5, 0.6) is 0 Å². The average molecular weight is 343 g/mol. The van der Waals surface area contributed by atoms with Gasteiger partial charge in [0.2, 0.25) is 11.8 Å². The molecule has 22 heavy (non-hydrogen) atoms. The number of carbonyl (C=O) groups is 2. The summed E-state index contributed by atoms with van der Waals surface area (Å²) in [7, 11) is 1.75. The number of nitrogens with one attached hydrogen (secondary N) is 1. The molecule has 0 aromatic heterocycles. The quantitative estimate of drug-likeness (QED) is 0.795. The van der Waals surface area contributed by atoms with E-state index in [-0.39, 0.29) is 11.8 Å². The van der Waals surface area contributed by atoms with Crippen LogP contribution < -0.4 is 5.32 Å². The second-order valence-electron chi connectivity index (χ2n) is 5.77. The Morgan fingerprint density at radius 3 is 2.32 bits per heavy atom. The summed E-state index contributed by atoms with van der Waals surface area (Å²) in [5, 5.41) is 3.65. The zero-order chi connectivity index (χ0) is 16.3. The number of rotatable bonds is 6. The Kier molecular flexibility index (Phi) is 5.35. The van der Waals surface area contributed by atoms with E-state index in [1.165, 1.54) is 0 Å². The van der Waals surface area contributed by atoms with E-state index in [9.17, 15) is 9.59 Å². The third kappa shape index (κ3) is 3.73. The molecule has 0 bridgehead atoms. The van der Waals surface area contributed by atoms with Crippen molar-refractivity contribution in [2.24, 2.45) is 5.41 Å². The Hall–Kier alpha value is -1.26. The number of anilines is 1. The second kappa shape index (κ2) is 6.88. The predicted octanol–water partition coefficient (Wildman–Crippen LogP) is 3.97. The van der Waals surface area contributed by atoms with Crippen molar-refractivity contribution >= 4 is 40.7 Å². The molecule has 0 spiro atoms. The van der Waals surface area contributed by atoms with Crippen molar-refractivity contribution in [1.29, 1.82) is 0 Å². The maximum absolute atomic E-state index is 12.5. The van der Waals surface area contributed by atoms with Gasteiger partial charge in [0.15, 0.2) is 0 Å². The van der Waals surface area contributed by atoms with Crippen molar-refractivity contribution in [2.45, 2.75) is 32.6 Å². The van der Waals surface area contributed by atoms with Gasteiger partial charge < -0.3 is 10.2 Å². The summed E-state index contributed by atoms with van der Waals surface area (Å²) in [6, 6.07) is 4.83. The molecule has 0 heterocycles. The molecule has 0 unspecified atom stereocenters. The summed E-state index contributed by atoms with van der Waals surface area (Å²) in [6.45, 7) is 2.74. The molecule has 1 aliphatic carbocycles. The lowest BCUT2D eigenvalue weighted by molar-refractivity contribution is -0.141. The first-order valence-electron chi connectivity index (χ1n) is 7.42. The molecule has 120 valence electrons. The smallest absolute Gasteiger partial charge is 0.240 e. The SMILES string of the molecule is CCCCN(C)C(=O)C1(C(=O)Nc2cc(Cl)cc(Cl)c2)CC1. The van der Waals surface area contributed by atoms with Crippen molar-refractivity contribution in [3.8, 4) is 0 Å². The molecule has 1 aromatic carbocycles. The van der Waals surface area contributed by atoms with Gasteiger partial charge in [-0.3, -0.25) is 9.59 Å². The number of unbranched alkanes of at least 4 members (excludes halogenated alkanes) is 1. The average Bonchev–Trinajstić information content (AvgIpc) is 3.24. The van der Waals surface area contributed by atoms with Gasteiger partial charge in [-0.15, -0.1) is 0 Å². The Morgan fingerprint density at radius 2 is 1.82 bits per heavy atom. The highest BCUT2D eigenvalue weighted by Gasteiger charge is 2.57. The summed E-state index contributed by atoms with van der Waals surface area (Å²) in [4.78, 5) is 26.7. The van der Waals surface area contributed by atoms with Crippen LogP contribution in [-0.4, -0.2) is 30.3 Å². The summed E-state index contributed by atoms with van der Waals surface area (Å²) < 4.78 is 0. The fourth-order valence-corrected chi connectivity index (χ4v) is 2.93. The maximum Gasteiger partial charge on any atom is 0.240 e. The van der Waals surface area contributed by atoms with E-state index in [4.69, 9.17) is 23.2 Å². The van der Waals surface area contributed by atoms with Crippen LogP contribution in [0.3, 0.4) is 0 Å². The largest absolute Gasteiger partial charge is 0.345 e. The minimum atomic E-state index is -0.919. The molecular weight excluding hydrogens is 323 g/mol.